The lowest BCUT2D eigenvalue weighted by Crippen LogP contribution is -2.36. The summed E-state index contributed by atoms with van der Waals surface area (Å²) >= 11 is 0. The highest BCUT2D eigenvalue weighted by Gasteiger charge is 2.17. The Balaban J connectivity index is 1.59. The van der Waals surface area contributed by atoms with Crippen LogP contribution in [0, 0.1) is 6.92 Å². The number of carbonyl (C=O) groups excluding carboxylic acids is 1. The van der Waals surface area contributed by atoms with Gasteiger partial charge in [-0.15, -0.1) is 0 Å². The lowest BCUT2D eigenvalue weighted by atomic mass is 10.0. The van der Waals surface area contributed by atoms with Crippen molar-refractivity contribution in [2.75, 3.05) is 6.54 Å². The number of benzene rings is 2. The molecule has 0 aliphatic carbocycles. The smallest absolute Gasteiger partial charge is 0.328 e. The van der Waals surface area contributed by atoms with Gasteiger partial charge in [-0.2, -0.15) is 0 Å². The average Bonchev–Trinajstić information content (AvgIpc) is 3.19. The summed E-state index contributed by atoms with van der Waals surface area (Å²) in [5.41, 5.74) is 9.83. The van der Waals surface area contributed by atoms with Crippen molar-refractivity contribution in [3.63, 3.8) is 0 Å². The molecule has 2 aromatic carbocycles. The number of nitrogens with zero attached hydrogens (tertiary/aromatic N) is 1. The van der Waals surface area contributed by atoms with Gasteiger partial charge in [0.05, 0.1) is 0 Å². The number of aromatic nitrogens is 3. The molecule has 4 rings (SSSR count). The number of nitrogens with two attached hydrogens (primary N) is 1. The van der Waals surface area contributed by atoms with Crippen molar-refractivity contribution in [2.24, 2.45) is 5.73 Å². The summed E-state index contributed by atoms with van der Waals surface area (Å²) in [5.74, 6) is -0.183. The summed E-state index contributed by atoms with van der Waals surface area (Å²) in [6.45, 7) is 2.78. The normalized spacial score (nSPS) is 11.1. The van der Waals surface area contributed by atoms with Crippen LogP contribution < -0.4 is 22.3 Å². The Bertz CT molecular complexity index is 1400. The Kier molecular flexibility index (Phi) is 6.55. The molecular formula is C25H27N5O3. The van der Waals surface area contributed by atoms with Crippen LogP contribution in [0.5, 0.6) is 0 Å². The van der Waals surface area contributed by atoms with E-state index in [9.17, 15) is 14.4 Å². The maximum Gasteiger partial charge on any atom is 0.328 e. The van der Waals surface area contributed by atoms with E-state index < -0.39 is 5.69 Å². The third-order valence-corrected chi connectivity index (χ3v) is 5.75. The maximum atomic E-state index is 12.9. The average molecular weight is 446 g/mol. The largest absolute Gasteiger partial charge is 0.350 e. The minimum atomic E-state index is -0.422. The van der Waals surface area contributed by atoms with Crippen molar-refractivity contribution in [3.8, 4) is 0 Å². The quantitative estimate of drug-likeness (QED) is 0.331. The topological polar surface area (TPSA) is 126 Å². The molecule has 2 aromatic heterocycles. The van der Waals surface area contributed by atoms with Gasteiger partial charge in [0, 0.05) is 35.8 Å². The first-order valence-electron chi connectivity index (χ1n) is 10.9. The Morgan fingerprint density at radius 1 is 1.06 bits per heavy atom. The molecule has 0 saturated heterocycles. The van der Waals surface area contributed by atoms with Gasteiger partial charge >= 0.3 is 5.69 Å². The summed E-state index contributed by atoms with van der Waals surface area (Å²) in [5, 5.41) is 3.89. The fourth-order valence-electron chi connectivity index (χ4n) is 3.97. The molecule has 0 spiro atoms. The summed E-state index contributed by atoms with van der Waals surface area (Å²) in [4.78, 5) is 43.1. The molecule has 0 atom stereocenters. The monoisotopic (exact) mass is 445 g/mol. The molecule has 4 aromatic rings. The highest BCUT2D eigenvalue weighted by molar-refractivity contribution is 6.01. The fourth-order valence-corrected chi connectivity index (χ4v) is 3.97. The van der Waals surface area contributed by atoms with Crippen LogP contribution in [0.15, 0.2) is 64.3 Å². The van der Waals surface area contributed by atoms with Crippen LogP contribution in [-0.4, -0.2) is 27.0 Å². The van der Waals surface area contributed by atoms with Crippen LogP contribution in [0.2, 0.25) is 0 Å². The number of hydrogen-bond acceptors (Lipinski definition) is 4. The molecule has 0 aliphatic rings. The summed E-state index contributed by atoms with van der Waals surface area (Å²) < 4.78 is 1.21. The third kappa shape index (κ3) is 4.80. The second-order valence-electron chi connectivity index (χ2n) is 8.05. The second-order valence-corrected chi connectivity index (χ2v) is 8.05. The molecule has 0 radical (unpaired) electrons. The zero-order valence-electron chi connectivity index (χ0n) is 18.5. The zero-order chi connectivity index (χ0) is 23.4. The van der Waals surface area contributed by atoms with Gasteiger partial charge in [-0.1, -0.05) is 36.4 Å². The third-order valence-electron chi connectivity index (χ3n) is 5.75. The predicted molar refractivity (Wildman–Crippen MR) is 128 cm³/mol. The summed E-state index contributed by atoms with van der Waals surface area (Å²) in [6, 6.07) is 15.6. The SMILES string of the molecule is Cc1c[nH]c(=O)n(CCc2ccc3[nH]c(C(=O)NCc4ccccc4)c(CCN)c3c2)c1=O. The van der Waals surface area contributed by atoms with E-state index in [1.54, 1.807) is 6.92 Å². The number of nitrogens with one attached hydrogen (secondary N) is 3. The highest BCUT2D eigenvalue weighted by atomic mass is 16.2. The van der Waals surface area contributed by atoms with Crippen molar-refractivity contribution in [1.82, 2.24) is 19.9 Å². The van der Waals surface area contributed by atoms with Crippen LogP contribution in [0.3, 0.4) is 0 Å². The molecule has 5 N–H and O–H groups in total. The van der Waals surface area contributed by atoms with E-state index in [-0.39, 0.29) is 18.0 Å². The van der Waals surface area contributed by atoms with Crippen molar-refractivity contribution < 1.29 is 4.79 Å². The molecule has 2 heterocycles. The van der Waals surface area contributed by atoms with E-state index in [1.165, 1.54) is 10.8 Å². The van der Waals surface area contributed by atoms with Gasteiger partial charge in [0.25, 0.3) is 11.5 Å². The Morgan fingerprint density at radius 3 is 2.61 bits per heavy atom. The molecule has 170 valence electrons. The van der Waals surface area contributed by atoms with Gasteiger partial charge in [-0.25, -0.2) is 4.79 Å². The van der Waals surface area contributed by atoms with Crippen LogP contribution in [0.4, 0.5) is 0 Å². The number of rotatable bonds is 8. The number of fused-ring (bicyclic) bond motifs is 1. The molecule has 33 heavy (non-hydrogen) atoms. The van der Waals surface area contributed by atoms with Crippen LogP contribution in [0.1, 0.15) is 32.7 Å². The number of amides is 1. The van der Waals surface area contributed by atoms with E-state index in [1.807, 2.05) is 48.5 Å². The van der Waals surface area contributed by atoms with E-state index >= 15 is 0 Å². The molecule has 0 saturated carbocycles. The van der Waals surface area contributed by atoms with Gasteiger partial charge in [-0.3, -0.25) is 14.2 Å². The van der Waals surface area contributed by atoms with Crippen molar-refractivity contribution >= 4 is 16.8 Å². The molecule has 1 amide bonds. The second kappa shape index (κ2) is 9.70. The number of hydrogen-bond donors (Lipinski definition) is 4. The Morgan fingerprint density at radius 2 is 1.85 bits per heavy atom. The van der Waals surface area contributed by atoms with E-state index in [0.29, 0.717) is 37.2 Å². The molecule has 8 nitrogen and oxygen atoms in total. The predicted octanol–water partition coefficient (Wildman–Crippen LogP) is 2.00. The summed E-state index contributed by atoms with van der Waals surface area (Å²) in [6.07, 6.45) is 2.48. The first-order chi connectivity index (χ1) is 16.0. The van der Waals surface area contributed by atoms with Gasteiger partial charge in [-0.05, 0) is 55.1 Å². The number of aryl methyl sites for hydroxylation is 2. The van der Waals surface area contributed by atoms with Crippen molar-refractivity contribution in [3.05, 3.63) is 104 Å². The number of aromatic amines is 2. The van der Waals surface area contributed by atoms with Gasteiger partial charge in [0.1, 0.15) is 5.69 Å². The lowest BCUT2D eigenvalue weighted by molar-refractivity contribution is 0.0946. The van der Waals surface area contributed by atoms with Crippen molar-refractivity contribution in [2.45, 2.75) is 32.9 Å². The molecular weight excluding hydrogens is 418 g/mol. The number of carbonyl (C=O) groups is 1. The van der Waals surface area contributed by atoms with Crippen LogP contribution in [0.25, 0.3) is 10.9 Å². The highest BCUT2D eigenvalue weighted by Crippen LogP contribution is 2.25. The van der Waals surface area contributed by atoms with E-state index in [0.717, 1.165) is 27.6 Å². The van der Waals surface area contributed by atoms with Gasteiger partial charge in [0.2, 0.25) is 0 Å². The molecule has 0 bridgehead atoms. The van der Waals surface area contributed by atoms with Crippen LogP contribution in [-0.2, 0) is 25.9 Å². The lowest BCUT2D eigenvalue weighted by Gasteiger charge is -2.07. The Hall–Kier alpha value is -3.91. The standard InChI is InChI=1S/C25H27N5O3/c1-16-14-28-25(33)30(24(16)32)12-10-17-7-8-21-20(13-17)19(9-11-26)22(29-21)23(31)27-15-18-5-3-2-4-6-18/h2-8,13-14,29H,9-12,15,26H2,1H3,(H,27,31)(H,28,33). The van der Waals surface area contributed by atoms with E-state index in [4.69, 9.17) is 5.73 Å². The molecule has 8 heteroatoms. The Labute approximate surface area is 190 Å². The molecule has 0 unspecified atom stereocenters. The van der Waals surface area contributed by atoms with Gasteiger partial charge in [0.15, 0.2) is 0 Å². The van der Waals surface area contributed by atoms with Crippen LogP contribution >= 0.6 is 0 Å². The number of H-pyrrole nitrogens is 2. The maximum absolute atomic E-state index is 12.9. The van der Waals surface area contributed by atoms with Crippen molar-refractivity contribution in [1.29, 1.82) is 0 Å². The van der Waals surface area contributed by atoms with Gasteiger partial charge < -0.3 is 21.0 Å². The van der Waals surface area contributed by atoms with E-state index in [2.05, 4.69) is 15.3 Å². The first kappa shape index (κ1) is 22.3. The molecule has 0 fully saturated rings. The molecule has 0 aliphatic heterocycles. The first-order valence-corrected chi connectivity index (χ1v) is 10.9. The minimum absolute atomic E-state index is 0.183. The minimum Gasteiger partial charge on any atom is -0.350 e. The fraction of sp³-hybridized carbons (Fsp3) is 0.240. The zero-order valence-corrected chi connectivity index (χ0v) is 18.5. The summed E-state index contributed by atoms with van der Waals surface area (Å²) in [7, 11) is 0.